The van der Waals surface area contributed by atoms with Crippen molar-refractivity contribution in [1.29, 1.82) is 0 Å². The van der Waals surface area contributed by atoms with Gasteiger partial charge in [-0.1, -0.05) is 6.92 Å². The average molecular weight is 177 g/mol. The zero-order valence-electron chi connectivity index (χ0n) is 7.99. The highest BCUT2D eigenvalue weighted by atomic mass is 16.5. The van der Waals surface area contributed by atoms with Gasteiger partial charge in [-0.2, -0.15) is 0 Å². The van der Waals surface area contributed by atoms with Crippen LogP contribution in [0.3, 0.4) is 0 Å². The summed E-state index contributed by atoms with van der Waals surface area (Å²) < 4.78 is 5.63. The largest absolute Gasteiger partial charge is 0.493 e. The maximum atomic E-state index is 5.63. The fraction of sp³-hybridized carbons (Fsp3) is 0.545. The van der Waals surface area contributed by atoms with E-state index < -0.39 is 0 Å². The number of ether oxygens (including phenoxy) is 1. The molecule has 2 rings (SSSR count). The molecule has 1 fully saturated rings. The van der Waals surface area contributed by atoms with Crippen LogP contribution in [0.5, 0.6) is 5.75 Å². The van der Waals surface area contributed by atoms with Crippen LogP contribution in [0.2, 0.25) is 0 Å². The third kappa shape index (κ3) is 2.44. The molecule has 0 aromatic carbocycles. The lowest BCUT2D eigenvalue weighted by atomic mass is 10.3. The molecule has 0 bridgehead atoms. The number of pyridine rings is 1. The first kappa shape index (κ1) is 8.54. The summed E-state index contributed by atoms with van der Waals surface area (Å²) in [7, 11) is 0. The number of aryl methyl sites for hydroxylation is 1. The van der Waals surface area contributed by atoms with Crippen LogP contribution in [0.25, 0.3) is 0 Å². The summed E-state index contributed by atoms with van der Waals surface area (Å²) in [5, 5.41) is 0. The van der Waals surface area contributed by atoms with Gasteiger partial charge in [0, 0.05) is 18.0 Å². The minimum absolute atomic E-state index is 0.818. The lowest BCUT2D eigenvalue weighted by Gasteiger charge is -2.05. The molecule has 1 aliphatic carbocycles. The minimum atomic E-state index is 0.818. The predicted molar refractivity (Wildman–Crippen MR) is 51.8 cm³/mol. The molecular weight excluding hydrogens is 162 g/mol. The van der Waals surface area contributed by atoms with E-state index in [0.717, 1.165) is 30.4 Å². The molecule has 0 saturated heterocycles. The van der Waals surface area contributed by atoms with Crippen molar-refractivity contribution in [3.63, 3.8) is 0 Å². The monoisotopic (exact) mass is 177 g/mol. The molecular formula is C11H15NO. The summed E-state index contributed by atoms with van der Waals surface area (Å²) in [6.45, 7) is 2.99. The second-order valence-corrected chi connectivity index (χ2v) is 3.59. The van der Waals surface area contributed by atoms with Crippen LogP contribution in [-0.4, -0.2) is 11.6 Å². The van der Waals surface area contributed by atoms with Gasteiger partial charge < -0.3 is 4.74 Å². The normalized spacial score (nSPS) is 15.8. The van der Waals surface area contributed by atoms with Crippen molar-refractivity contribution in [3.8, 4) is 5.75 Å². The van der Waals surface area contributed by atoms with Gasteiger partial charge in [-0.15, -0.1) is 0 Å². The van der Waals surface area contributed by atoms with Gasteiger partial charge in [0.05, 0.1) is 6.61 Å². The molecule has 0 atom stereocenters. The van der Waals surface area contributed by atoms with E-state index >= 15 is 0 Å². The van der Waals surface area contributed by atoms with Crippen molar-refractivity contribution in [2.45, 2.75) is 26.2 Å². The first-order valence-electron chi connectivity index (χ1n) is 4.96. The Kier molecular flexibility index (Phi) is 2.48. The van der Waals surface area contributed by atoms with Gasteiger partial charge in [-0.25, -0.2) is 0 Å². The lowest BCUT2D eigenvalue weighted by molar-refractivity contribution is 0.299. The fourth-order valence-electron chi connectivity index (χ4n) is 1.24. The van der Waals surface area contributed by atoms with Gasteiger partial charge in [-0.3, -0.25) is 4.98 Å². The topological polar surface area (TPSA) is 22.1 Å². The van der Waals surface area contributed by atoms with E-state index in [2.05, 4.69) is 11.9 Å². The molecule has 0 spiro atoms. The summed E-state index contributed by atoms with van der Waals surface area (Å²) >= 11 is 0. The molecule has 0 radical (unpaired) electrons. The highest BCUT2D eigenvalue weighted by Crippen LogP contribution is 2.29. The van der Waals surface area contributed by atoms with Crippen molar-refractivity contribution in [1.82, 2.24) is 4.98 Å². The number of hydrogen-bond acceptors (Lipinski definition) is 2. The second-order valence-electron chi connectivity index (χ2n) is 3.59. The molecule has 1 aromatic rings. The van der Waals surface area contributed by atoms with Crippen molar-refractivity contribution < 1.29 is 4.74 Å². The molecule has 1 heterocycles. The zero-order valence-corrected chi connectivity index (χ0v) is 7.99. The zero-order chi connectivity index (χ0) is 9.10. The summed E-state index contributed by atoms with van der Waals surface area (Å²) in [4.78, 5) is 4.22. The first-order chi connectivity index (χ1) is 6.38. The van der Waals surface area contributed by atoms with Gasteiger partial charge in [0.1, 0.15) is 5.75 Å². The Morgan fingerprint density at radius 2 is 2.38 bits per heavy atom. The van der Waals surface area contributed by atoms with Crippen LogP contribution >= 0.6 is 0 Å². The van der Waals surface area contributed by atoms with E-state index in [1.807, 2.05) is 18.3 Å². The standard InChI is InChI=1S/C11H15NO/c1-2-10-7-11(5-6-12-10)13-8-9-3-4-9/h5-7,9H,2-4,8H2,1H3. The molecule has 0 aliphatic heterocycles. The summed E-state index contributed by atoms with van der Waals surface area (Å²) in [5.41, 5.74) is 1.10. The Balaban J connectivity index is 1.93. The van der Waals surface area contributed by atoms with Gasteiger partial charge in [-0.05, 0) is 31.2 Å². The molecule has 0 N–H and O–H groups in total. The number of hydrogen-bond donors (Lipinski definition) is 0. The third-order valence-corrected chi connectivity index (χ3v) is 2.33. The van der Waals surface area contributed by atoms with Crippen LogP contribution in [0, 0.1) is 5.92 Å². The van der Waals surface area contributed by atoms with Crippen LogP contribution in [0.1, 0.15) is 25.5 Å². The molecule has 1 saturated carbocycles. The van der Waals surface area contributed by atoms with E-state index in [1.165, 1.54) is 12.8 Å². The molecule has 1 aliphatic rings. The number of aromatic nitrogens is 1. The molecule has 2 nitrogen and oxygen atoms in total. The maximum absolute atomic E-state index is 5.63. The van der Waals surface area contributed by atoms with Gasteiger partial charge >= 0.3 is 0 Å². The van der Waals surface area contributed by atoms with Gasteiger partial charge in [0.2, 0.25) is 0 Å². The van der Waals surface area contributed by atoms with Crippen LogP contribution in [0.15, 0.2) is 18.3 Å². The highest BCUT2D eigenvalue weighted by Gasteiger charge is 2.21. The highest BCUT2D eigenvalue weighted by molar-refractivity contribution is 5.22. The first-order valence-corrected chi connectivity index (χ1v) is 4.96. The summed E-state index contributed by atoms with van der Waals surface area (Å²) in [5.74, 6) is 1.79. The quantitative estimate of drug-likeness (QED) is 0.704. The van der Waals surface area contributed by atoms with E-state index in [-0.39, 0.29) is 0 Å². The number of nitrogens with zero attached hydrogens (tertiary/aromatic N) is 1. The van der Waals surface area contributed by atoms with E-state index in [0.29, 0.717) is 0 Å². The molecule has 2 heteroatoms. The minimum Gasteiger partial charge on any atom is -0.493 e. The van der Waals surface area contributed by atoms with Crippen molar-refractivity contribution in [2.75, 3.05) is 6.61 Å². The Bertz CT molecular complexity index is 281. The smallest absolute Gasteiger partial charge is 0.122 e. The van der Waals surface area contributed by atoms with Crippen LogP contribution in [0.4, 0.5) is 0 Å². The van der Waals surface area contributed by atoms with Crippen molar-refractivity contribution in [3.05, 3.63) is 24.0 Å². The van der Waals surface area contributed by atoms with E-state index in [4.69, 9.17) is 4.74 Å². The average Bonchev–Trinajstić information content (AvgIpc) is 2.99. The maximum Gasteiger partial charge on any atom is 0.122 e. The Labute approximate surface area is 78.9 Å². The van der Waals surface area contributed by atoms with Crippen LogP contribution in [-0.2, 0) is 6.42 Å². The van der Waals surface area contributed by atoms with Gasteiger partial charge in [0.15, 0.2) is 0 Å². The summed E-state index contributed by atoms with van der Waals surface area (Å²) in [6.07, 6.45) is 5.47. The molecule has 70 valence electrons. The SMILES string of the molecule is CCc1cc(OCC2CC2)ccn1. The summed E-state index contributed by atoms with van der Waals surface area (Å²) in [6, 6.07) is 3.96. The lowest BCUT2D eigenvalue weighted by Crippen LogP contribution is -1.99. The molecule has 0 amide bonds. The van der Waals surface area contributed by atoms with E-state index in [1.54, 1.807) is 0 Å². The van der Waals surface area contributed by atoms with Crippen LogP contribution < -0.4 is 4.74 Å². The Morgan fingerprint density at radius 3 is 3.08 bits per heavy atom. The van der Waals surface area contributed by atoms with Crippen molar-refractivity contribution in [2.24, 2.45) is 5.92 Å². The molecule has 0 unspecified atom stereocenters. The number of rotatable bonds is 4. The second kappa shape index (κ2) is 3.77. The Morgan fingerprint density at radius 1 is 1.54 bits per heavy atom. The van der Waals surface area contributed by atoms with Gasteiger partial charge in [0.25, 0.3) is 0 Å². The van der Waals surface area contributed by atoms with E-state index in [9.17, 15) is 0 Å². The molecule has 1 aromatic heterocycles. The fourth-order valence-corrected chi connectivity index (χ4v) is 1.24. The third-order valence-electron chi connectivity index (χ3n) is 2.33. The predicted octanol–water partition coefficient (Wildman–Crippen LogP) is 2.43. The van der Waals surface area contributed by atoms with Crippen molar-refractivity contribution >= 4 is 0 Å². The Hall–Kier alpha value is -1.05. The molecule has 13 heavy (non-hydrogen) atoms.